The average molecular weight is 537 g/mol. The first kappa shape index (κ1) is 25.4. The van der Waals surface area contributed by atoms with E-state index in [0.717, 1.165) is 9.58 Å². The number of carbonyl (C=O) groups is 4. The molecule has 0 unspecified atom stereocenters. The molecule has 0 bridgehead atoms. The van der Waals surface area contributed by atoms with Gasteiger partial charge in [-0.3, -0.25) is 24.0 Å². The number of hydrogen-bond acceptors (Lipinski definition) is 7. The Balaban J connectivity index is 1.41. The number of thioether (sulfide) groups is 1. The van der Waals surface area contributed by atoms with Gasteiger partial charge in [0.25, 0.3) is 5.91 Å². The number of alkyl halides is 3. The molecule has 1 aromatic heterocycles. The standard InChI is InChI=1S/C20H20ClF3N4O6S/c1-8(29)34-6-10-7-35-18-13(17(31)28(18)15(10)19(32)33)25-11(30)4-5-27-14(9-2-3-9)12(21)16(26-27)20(22,23)24/h9,13,18H,2-7H2,1H3,(H,25,30)(H,32,33)/t13-,18-/m1/s1. The molecule has 2 aliphatic heterocycles. The first-order valence-electron chi connectivity index (χ1n) is 10.6. The SMILES string of the molecule is CC(=O)OCC1=C(C(=O)O)N2C(=O)[C@@H](NC(=O)CCn3nc(C(F)(F)F)c(Cl)c3C3CC3)[C@H]2SC1. The van der Waals surface area contributed by atoms with E-state index >= 15 is 0 Å². The van der Waals surface area contributed by atoms with Crippen LogP contribution in [0.2, 0.25) is 5.02 Å². The maximum Gasteiger partial charge on any atom is 0.436 e. The van der Waals surface area contributed by atoms with Gasteiger partial charge in [-0.25, -0.2) is 4.79 Å². The fourth-order valence-corrected chi connectivity index (χ4v) is 5.71. The lowest BCUT2D eigenvalue weighted by Gasteiger charge is -2.49. The predicted molar refractivity (Wildman–Crippen MR) is 115 cm³/mol. The predicted octanol–water partition coefficient (Wildman–Crippen LogP) is 2.12. The van der Waals surface area contributed by atoms with E-state index in [2.05, 4.69) is 10.4 Å². The molecule has 3 aliphatic rings. The van der Waals surface area contributed by atoms with Gasteiger partial charge in [0.2, 0.25) is 5.91 Å². The highest BCUT2D eigenvalue weighted by Gasteiger charge is 2.54. The second kappa shape index (κ2) is 9.37. The van der Waals surface area contributed by atoms with Crippen LogP contribution >= 0.6 is 23.4 Å². The third kappa shape index (κ3) is 4.99. The monoisotopic (exact) mass is 536 g/mol. The van der Waals surface area contributed by atoms with Gasteiger partial charge >= 0.3 is 18.1 Å². The fourth-order valence-electron chi connectivity index (χ4n) is 3.99. The number of fused-ring (bicyclic) bond motifs is 1. The maximum absolute atomic E-state index is 13.2. The van der Waals surface area contributed by atoms with Crippen LogP contribution in [0, 0.1) is 0 Å². The largest absolute Gasteiger partial charge is 0.477 e. The van der Waals surface area contributed by atoms with Crippen molar-refractivity contribution in [2.45, 2.75) is 56.2 Å². The van der Waals surface area contributed by atoms with Crippen LogP contribution in [0.4, 0.5) is 13.2 Å². The highest BCUT2D eigenvalue weighted by atomic mass is 35.5. The van der Waals surface area contributed by atoms with Crippen LogP contribution in [-0.4, -0.2) is 67.3 Å². The van der Waals surface area contributed by atoms with Gasteiger partial charge in [-0.15, -0.1) is 11.8 Å². The number of nitrogens with one attached hydrogen (secondary N) is 1. The number of amides is 2. The number of β-lactam (4-membered cyclic amide) rings is 1. The third-order valence-corrected chi connectivity index (χ3v) is 7.44. The van der Waals surface area contributed by atoms with Crippen LogP contribution in [0.25, 0.3) is 0 Å². The highest BCUT2D eigenvalue weighted by Crippen LogP contribution is 2.47. The smallest absolute Gasteiger partial charge is 0.436 e. The van der Waals surface area contributed by atoms with Crippen LogP contribution in [-0.2, 0) is 36.6 Å². The summed E-state index contributed by atoms with van der Waals surface area (Å²) in [5, 5.41) is 14.5. The van der Waals surface area contributed by atoms with E-state index in [-0.39, 0.29) is 48.2 Å². The number of aromatic nitrogens is 2. The summed E-state index contributed by atoms with van der Waals surface area (Å²) in [5.74, 6) is -3.17. The van der Waals surface area contributed by atoms with Crippen molar-refractivity contribution in [1.29, 1.82) is 0 Å². The van der Waals surface area contributed by atoms with Gasteiger partial charge in [0.15, 0.2) is 5.69 Å². The maximum atomic E-state index is 13.2. The summed E-state index contributed by atoms with van der Waals surface area (Å²) in [6, 6.07) is -0.994. The summed E-state index contributed by atoms with van der Waals surface area (Å²) < 4.78 is 45.6. The quantitative estimate of drug-likeness (QED) is 0.382. The van der Waals surface area contributed by atoms with Crippen molar-refractivity contribution >= 4 is 47.1 Å². The second-order valence-corrected chi connectivity index (χ2v) is 9.77. The first-order chi connectivity index (χ1) is 16.4. The normalized spacial score (nSPS) is 22.0. The molecule has 1 saturated carbocycles. The number of rotatable bonds is 8. The lowest BCUT2D eigenvalue weighted by molar-refractivity contribution is -0.151. The number of esters is 1. The van der Waals surface area contributed by atoms with Crippen LogP contribution in [0.5, 0.6) is 0 Å². The minimum absolute atomic E-state index is 0.142. The number of hydrogen-bond donors (Lipinski definition) is 2. The molecule has 0 radical (unpaired) electrons. The Bertz CT molecular complexity index is 1130. The molecule has 1 aromatic rings. The van der Waals surface area contributed by atoms with Crippen molar-refractivity contribution in [3.05, 3.63) is 27.7 Å². The van der Waals surface area contributed by atoms with Gasteiger partial charge in [-0.05, 0) is 12.8 Å². The molecular formula is C20H20ClF3N4O6S. The van der Waals surface area contributed by atoms with Crippen molar-refractivity contribution in [2.75, 3.05) is 12.4 Å². The Kier molecular flexibility index (Phi) is 6.79. The number of aryl methyl sites for hydroxylation is 1. The zero-order valence-electron chi connectivity index (χ0n) is 18.2. The van der Waals surface area contributed by atoms with E-state index in [0.29, 0.717) is 12.8 Å². The van der Waals surface area contributed by atoms with Gasteiger partial charge in [0, 0.05) is 30.6 Å². The minimum Gasteiger partial charge on any atom is -0.477 e. The zero-order chi connectivity index (χ0) is 25.7. The molecule has 15 heteroatoms. The molecule has 1 aliphatic carbocycles. The van der Waals surface area contributed by atoms with Crippen molar-refractivity contribution in [2.24, 2.45) is 0 Å². The Morgan fingerprint density at radius 3 is 2.57 bits per heavy atom. The molecule has 3 heterocycles. The van der Waals surface area contributed by atoms with E-state index < -0.39 is 52.1 Å². The summed E-state index contributed by atoms with van der Waals surface area (Å²) in [5.41, 5.74) is -0.972. The summed E-state index contributed by atoms with van der Waals surface area (Å²) in [6.45, 7) is 0.741. The number of carbonyl (C=O) groups excluding carboxylic acids is 3. The topological polar surface area (TPSA) is 131 Å². The van der Waals surface area contributed by atoms with Gasteiger partial charge in [0.05, 0.1) is 17.3 Å². The number of carboxylic acids is 1. The van der Waals surface area contributed by atoms with Gasteiger partial charge in [-0.1, -0.05) is 11.6 Å². The van der Waals surface area contributed by atoms with Crippen molar-refractivity contribution in [3.63, 3.8) is 0 Å². The van der Waals surface area contributed by atoms with E-state index in [1.807, 2.05) is 0 Å². The lowest BCUT2D eigenvalue weighted by atomic mass is 10.0. The summed E-state index contributed by atoms with van der Waals surface area (Å²) in [6.07, 6.45) is -3.62. The van der Waals surface area contributed by atoms with E-state index in [4.69, 9.17) is 16.3 Å². The minimum atomic E-state index is -4.72. The summed E-state index contributed by atoms with van der Waals surface area (Å²) in [7, 11) is 0. The molecule has 1 saturated heterocycles. The Hall–Kier alpha value is -2.74. The van der Waals surface area contributed by atoms with Gasteiger partial charge in [-0.2, -0.15) is 18.3 Å². The van der Waals surface area contributed by atoms with Crippen molar-refractivity contribution in [1.82, 2.24) is 20.0 Å². The Morgan fingerprint density at radius 1 is 1.31 bits per heavy atom. The molecule has 2 atom stereocenters. The molecule has 0 spiro atoms. The summed E-state index contributed by atoms with van der Waals surface area (Å²) >= 11 is 7.13. The number of nitrogens with zero attached hydrogens (tertiary/aromatic N) is 3. The van der Waals surface area contributed by atoms with E-state index in [1.54, 1.807) is 0 Å². The molecule has 2 fully saturated rings. The van der Waals surface area contributed by atoms with Crippen LogP contribution in [0.1, 0.15) is 43.5 Å². The zero-order valence-corrected chi connectivity index (χ0v) is 19.8. The van der Waals surface area contributed by atoms with Gasteiger partial charge in [0.1, 0.15) is 23.7 Å². The lowest BCUT2D eigenvalue weighted by Crippen LogP contribution is -2.70. The molecule has 190 valence electrons. The Labute approximate surface area is 205 Å². The first-order valence-corrected chi connectivity index (χ1v) is 12.0. The van der Waals surface area contributed by atoms with Crippen LogP contribution in [0.3, 0.4) is 0 Å². The van der Waals surface area contributed by atoms with Crippen LogP contribution in [0.15, 0.2) is 11.3 Å². The molecule has 35 heavy (non-hydrogen) atoms. The summed E-state index contributed by atoms with van der Waals surface area (Å²) in [4.78, 5) is 49.0. The number of carboxylic acid groups (broad SMARTS) is 1. The van der Waals surface area contributed by atoms with E-state index in [1.165, 1.54) is 18.7 Å². The van der Waals surface area contributed by atoms with E-state index in [9.17, 15) is 37.5 Å². The van der Waals surface area contributed by atoms with Crippen molar-refractivity contribution in [3.8, 4) is 0 Å². The number of ether oxygens (including phenoxy) is 1. The van der Waals surface area contributed by atoms with Crippen molar-refractivity contribution < 1.29 is 42.2 Å². The second-order valence-electron chi connectivity index (χ2n) is 8.29. The van der Waals surface area contributed by atoms with Crippen LogP contribution < -0.4 is 5.32 Å². The highest BCUT2D eigenvalue weighted by molar-refractivity contribution is 8.00. The molecule has 4 rings (SSSR count). The molecule has 2 N–H and O–H groups in total. The number of halogens is 4. The average Bonchev–Trinajstić information content (AvgIpc) is 3.55. The molecular weight excluding hydrogens is 517 g/mol. The Morgan fingerprint density at radius 2 is 2.00 bits per heavy atom. The fraction of sp³-hybridized carbons (Fsp3) is 0.550. The molecule has 0 aromatic carbocycles. The molecule has 10 nitrogen and oxygen atoms in total. The van der Waals surface area contributed by atoms with Gasteiger partial charge < -0.3 is 15.2 Å². The number of aliphatic carboxylic acids is 1. The third-order valence-electron chi connectivity index (χ3n) is 5.73. The molecule has 2 amide bonds.